The van der Waals surface area contributed by atoms with Crippen LogP contribution in [0.25, 0.3) is 0 Å². The van der Waals surface area contributed by atoms with Crippen LogP contribution in [-0.2, 0) is 24.3 Å². The van der Waals surface area contributed by atoms with Gasteiger partial charge in [-0.25, -0.2) is 27.1 Å². The summed E-state index contributed by atoms with van der Waals surface area (Å²) in [5.41, 5.74) is 0.403. The third-order valence-corrected chi connectivity index (χ3v) is 5.62. The van der Waals surface area contributed by atoms with Crippen LogP contribution in [0.2, 0.25) is 0 Å². The van der Waals surface area contributed by atoms with Gasteiger partial charge in [-0.3, -0.25) is 0 Å². The molecule has 0 spiro atoms. The topological polar surface area (TPSA) is 131 Å². The lowest BCUT2D eigenvalue weighted by molar-refractivity contribution is -0.138. The third kappa shape index (κ3) is 4.87. The largest absolute Gasteiger partial charge is 0.463 e. The summed E-state index contributed by atoms with van der Waals surface area (Å²) < 4.78 is 35.2. The molecule has 2 amide bonds. The van der Waals surface area contributed by atoms with E-state index in [1.54, 1.807) is 6.92 Å². The van der Waals surface area contributed by atoms with Crippen LogP contribution in [0.1, 0.15) is 17.3 Å². The molecular formula is C17H21N3O7S. The predicted octanol–water partition coefficient (Wildman–Crippen LogP) is 0.224. The van der Waals surface area contributed by atoms with Gasteiger partial charge in [0.1, 0.15) is 6.61 Å². The second kappa shape index (κ2) is 8.85. The Morgan fingerprint density at radius 2 is 1.75 bits per heavy atom. The van der Waals surface area contributed by atoms with Crippen molar-refractivity contribution in [1.29, 1.82) is 0 Å². The summed E-state index contributed by atoms with van der Waals surface area (Å²) in [5, 5.41) is 4.86. The van der Waals surface area contributed by atoms with Crippen molar-refractivity contribution in [1.82, 2.24) is 14.9 Å². The van der Waals surface area contributed by atoms with E-state index in [0.717, 1.165) is 4.31 Å². The van der Waals surface area contributed by atoms with E-state index in [9.17, 15) is 22.8 Å². The molecule has 0 bridgehead atoms. The highest BCUT2D eigenvalue weighted by molar-refractivity contribution is 7.89. The van der Waals surface area contributed by atoms with E-state index in [1.807, 2.05) is 0 Å². The zero-order chi connectivity index (χ0) is 20.9. The number of hydrogen-bond acceptors (Lipinski definition) is 7. The summed E-state index contributed by atoms with van der Waals surface area (Å²) in [6.07, 6.45) is 0. The predicted molar refractivity (Wildman–Crippen MR) is 97.8 cm³/mol. The maximum absolute atomic E-state index is 12.2. The molecule has 0 saturated carbocycles. The number of nitrogens with zero attached hydrogens (tertiary/aromatic N) is 1. The monoisotopic (exact) mass is 411 g/mol. The van der Waals surface area contributed by atoms with Gasteiger partial charge in [-0.15, -0.1) is 0 Å². The van der Waals surface area contributed by atoms with E-state index in [4.69, 9.17) is 9.47 Å². The number of sulfonamides is 1. The van der Waals surface area contributed by atoms with Gasteiger partial charge in [0.05, 0.1) is 34.9 Å². The van der Waals surface area contributed by atoms with E-state index in [1.165, 1.54) is 38.4 Å². The maximum atomic E-state index is 12.2. The van der Waals surface area contributed by atoms with Crippen LogP contribution >= 0.6 is 0 Å². The van der Waals surface area contributed by atoms with Crippen molar-refractivity contribution in [3.05, 3.63) is 41.1 Å². The van der Waals surface area contributed by atoms with Crippen LogP contribution in [0, 0.1) is 0 Å². The lowest BCUT2D eigenvalue weighted by atomic mass is 10.1. The van der Waals surface area contributed by atoms with Crippen LogP contribution < -0.4 is 10.6 Å². The van der Waals surface area contributed by atoms with Gasteiger partial charge in [-0.1, -0.05) is 0 Å². The zero-order valence-electron chi connectivity index (χ0n) is 15.6. The van der Waals surface area contributed by atoms with Crippen molar-refractivity contribution in [2.75, 3.05) is 33.9 Å². The molecular weight excluding hydrogens is 390 g/mol. The smallest absolute Gasteiger partial charge is 0.338 e. The summed E-state index contributed by atoms with van der Waals surface area (Å²) in [4.78, 5) is 35.7. The molecule has 0 aromatic heterocycles. The van der Waals surface area contributed by atoms with Crippen molar-refractivity contribution < 1.29 is 32.3 Å². The standard InChI is InChI=1S/C17H21N3O7S/c1-4-26-16(22)13-9-18-17(23)19-14(13)10-27-15(21)11-5-7-12(8-6-11)28(24,25)20(2)3/h5-8H,4,9-10H2,1-3H3,(H2,18,19,23). The molecule has 1 aliphatic rings. The number of rotatable bonds is 7. The highest BCUT2D eigenvalue weighted by Gasteiger charge is 2.25. The van der Waals surface area contributed by atoms with E-state index in [2.05, 4.69) is 10.6 Å². The molecule has 0 radical (unpaired) electrons. The molecule has 1 aromatic carbocycles. The number of carbonyl (C=O) groups is 3. The number of urea groups is 1. The Bertz CT molecular complexity index is 905. The van der Waals surface area contributed by atoms with Gasteiger partial charge < -0.3 is 20.1 Å². The van der Waals surface area contributed by atoms with Crippen LogP contribution in [0.15, 0.2) is 40.4 Å². The summed E-state index contributed by atoms with van der Waals surface area (Å²) in [6, 6.07) is 4.70. The van der Waals surface area contributed by atoms with Gasteiger partial charge in [0.2, 0.25) is 10.0 Å². The van der Waals surface area contributed by atoms with E-state index in [0.29, 0.717) is 0 Å². The number of carbonyl (C=O) groups excluding carboxylic acids is 3. The van der Waals surface area contributed by atoms with Gasteiger partial charge in [0.15, 0.2) is 0 Å². The van der Waals surface area contributed by atoms with Crippen LogP contribution in [0.4, 0.5) is 4.79 Å². The molecule has 2 N–H and O–H groups in total. The molecule has 10 nitrogen and oxygen atoms in total. The molecule has 1 aliphatic heterocycles. The van der Waals surface area contributed by atoms with Crippen molar-refractivity contribution in [2.24, 2.45) is 0 Å². The SMILES string of the molecule is CCOC(=O)C1=C(COC(=O)c2ccc(S(=O)(=O)N(C)C)cc2)NC(=O)NC1. The first-order chi connectivity index (χ1) is 13.2. The highest BCUT2D eigenvalue weighted by Crippen LogP contribution is 2.15. The van der Waals surface area contributed by atoms with Gasteiger partial charge in [-0.05, 0) is 31.2 Å². The Kier molecular flexibility index (Phi) is 6.75. The minimum atomic E-state index is -3.61. The molecule has 0 aliphatic carbocycles. The first-order valence-corrected chi connectivity index (χ1v) is 9.74. The average molecular weight is 411 g/mol. The second-order valence-corrected chi connectivity index (χ2v) is 8.03. The normalized spacial score (nSPS) is 14.4. The van der Waals surface area contributed by atoms with Gasteiger partial charge in [0.25, 0.3) is 0 Å². The number of ether oxygens (including phenoxy) is 2. The summed E-state index contributed by atoms with van der Waals surface area (Å²) in [7, 11) is -0.804. The minimum Gasteiger partial charge on any atom is -0.463 e. The molecule has 0 unspecified atom stereocenters. The lowest BCUT2D eigenvalue weighted by Crippen LogP contribution is -2.45. The Labute approximate surface area is 162 Å². The number of hydrogen-bond donors (Lipinski definition) is 2. The highest BCUT2D eigenvalue weighted by atomic mass is 32.2. The number of nitrogens with one attached hydrogen (secondary N) is 2. The maximum Gasteiger partial charge on any atom is 0.338 e. The van der Waals surface area contributed by atoms with Crippen molar-refractivity contribution in [3.63, 3.8) is 0 Å². The van der Waals surface area contributed by atoms with Gasteiger partial charge in [-0.2, -0.15) is 0 Å². The van der Waals surface area contributed by atoms with E-state index in [-0.39, 0.29) is 41.5 Å². The minimum absolute atomic E-state index is 0.0342. The average Bonchev–Trinajstić information content (AvgIpc) is 2.66. The molecule has 0 fully saturated rings. The zero-order valence-corrected chi connectivity index (χ0v) is 16.5. The fourth-order valence-corrected chi connectivity index (χ4v) is 3.17. The first kappa shape index (κ1) is 21.4. The molecule has 11 heteroatoms. The van der Waals surface area contributed by atoms with Crippen LogP contribution in [0.5, 0.6) is 0 Å². The quantitative estimate of drug-likeness (QED) is 0.614. The van der Waals surface area contributed by atoms with Crippen molar-refractivity contribution >= 4 is 28.0 Å². The summed E-state index contributed by atoms with van der Waals surface area (Å²) in [5.74, 6) is -1.36. The summed E-state index contributed by atoms with van der Waals surface area (Å²) >= 11 is 0. The summed E-state index contributed by atoms with van der Waals surface area (Å²) in [6.45, 7) is 1.41. The van der Waals surface area contributed by atoms with Crippen LogP contribution in [-0.4, -0.2) is 64.5 Å². The fourth-order valence-electron chi connectivity index (χ4n) is 2.26. The van der Waals surface area contributed by atoms with Crippen molar-refractivity contribution in [2.45, 2.75) is 11.8 Å². The molecule has 28 heavy (non-hydrogen) atoms. The molecule has 152 valence electrons. The van der Waals surface area contributed by atoms with E-state index < -0.39 is 28.0 Å². The Hall–Kier alpha value is -2.92. The Morgan fingerprint density at radius 1 is 1.11 bits per heavy atom. The first-order valence-electron chi connectivity index (χ1n) is 8.30. The molecule has 1 heterocycles. The third-order valence-electron chi connectivity index (χ3n) is 3.79. The molecule has 0 saturated heterocycles. The fraction of sp³-hybridized carbons (Fsp3) is 0.353. The molecule has 0 atom stereocenters. The number of benzene rings is 1. The number of esters is 2. The van der Waals surface area contributed by atoms with Crippen molar-refractivity contribution in [3.8, 4) is 0 Å². The Morgan fingerprint density at radius 3 is 2.32 bits per heavy atom. The molecule has 1 aromatic rings. The van der Waals surface area contributed by atoms with Crippen LogP contribution in [0.3, 0.4) is 0 Å². The number of amides is 2. The van der Waals surface area contributed by atoms with Gasteiger partial charge >= 0.3 is 18.0 Å². The lowest BCUT2D eigenvalue weighted by Gasteiger charge is -2.21. The molecule has 2 rings (SSSR count). The van der Waals surface area contributed by atoms with Gasteiger partial charge in [0, 0.05) is 14.1 Å². The second-order valence-electron chi connectivity index (χ2n) is 5.87. The Balaban J connectivity index is 2.11. The van der Waals surface area contributed by atoms with E-state index >= 15 is 0 Å².